The molecule has 2 atom stereocenters. The van der Waals surface area contributed by atoms with Gasteiger partial charge in [-0.3, -0.25) is 0 Å². The third kappa shape index (κ3) is 2.57. The van der Waals surface area contributed by atoms with E-state index in [2.05, 4.69) is 6.92 Å². The summed E-state index contributed by atoms with van der Waals surface area (Å²) in [5, 5.41) is 0. The Bertz CT molecular complexity index is 158. The lowest BCUT2D eigenvalue weighted by Gasteiger charge is -2.28. The van der Waals surface area contributed by atoms with Crippen LogP contribution in [0.5, 0.6) is 0 Å². The van der Waals surface area contributed by atoms with E-state index >= 15 is 0 Å². The fourth-order valence-corrected chi connectivity index (χ4v) is 5.32. The topological polar surface area (TPSA) is 27.7 Å². The van der Waals surface area contributed by atoms with Crippen molar-refractivity contribution in [1.29, 1.82) is 0 Å². The largest absolute Gasteiger partial charge is 0.504 e. The van der Waals surface area contributed by atoms with Crippen molar-refractivity contribution >= 4 is 8.80 Å². The van der Waals surface area contributed by atoms with Gasteiger partial charge in [0.25, 0.3) is 0 Å². The van der Waals surface area contributed by atoms with Crippen molar-refractivity contribution in [1.82, 2.24) is 0 Å². The van der Waals surface area contributed by atoms with Gasteiger partial charge in [0.1, 0.15) is 0 Å². The summed E-state index contributed by atoms with van der Waals surface area (Å²) in [6.07, 6.45) is 1.20. The number of hydrogen-bond donors (Lipinski definition) is 0. The third-order valence-corrected chi connectivity index (χ3v) is 6.39. The summed E-state index contributed by atoms with van der Waals surface area (Å²) in [5.74, 6) is 0.714. The molecule has 4 heteroatoms. The maximum atomic E-state index is 5.80. The first-order valence-corrected chi connectivity index (χ1v) is 7.42. The van der Waals surface area contributed by atoms with E-state index in [1.165, 1.54) is 6.42 Å². The molecule has 14 heavy (non-hydrogen) atoms. The van der Waals surface area contributed by atoms with Crippen molar-refractivity contribution in [3.05, 3.63) is 0 Å². The lowest BCUT2D eigenvalue weighted by Crippen LogP contribution is -2.47. The van der Waals surface area contributed by atoms with Gasteiger partial charge in [0, 0.05) is 25.4 Å². The molecule has 0 bridgehead atoms. The lowest BCUT2D eigenvalue weighted by atomic mass is 10.5. The van der Waals surface area contributed by atoms with E-state index in [-0.39, 0.29) is 0 Å². The summed E-state index contributed by atoms with van der Waals surface area (Å²) < 4.78 is 17.4. The summed E-state index contributed by atoms with van der Waals surface area (Å²) >= 11 is 0. The second-order valence-electron chi connectivity index (χ2n) is 3.72. The predicted molar refractivity (Wildman–Crippen MR) is 58.2 cm³/mol. The van der Waals surface area contributed by atoms with Gasteiger partial charge in [-0.2, -0.15) is 0 Å². The van der Waals surface area contributed by atoms with Gasteiger partial charge in [0.05, 0.1) is 0 Å². The van der Waals surface area contributed by atoms with Gasteiger partial charge in [0.2, 0.25) is 0 Å². The van der Waals surface area contributed by atoms with E-state index in [4.69, 9.17) is 13.3 Å². The van der Waals surface area contributed by atoms with Gasteiger partial charge in [-0.1, -0.05) is 6.92 Å². The molecule has 0 amide bonds. The van der Waals surface area contributed by atoms with E-state index in [0.717, 1.165) is 0 Å². The van der Waals surface area contributed by atoms with Crippen LogP contribution in [0.25, 0.3) is 0 Å². The SMILES string of the molecule is CCO[Si](OCC)(OCC)C1CC1C. The van der Waals surface area contributed by atoms with E-state index < -0.39 is 8.80 Å². The maximum Gasteiger partial charge on any atom is 0.504 e. The average Bonchev–Trinajstić information content (AvgIpc) is 2.84. The van der Waals surface area contributed by atoms with Crippen LogP contribution in [0.15, 0.2) is 0 Å². The molecule has 0 aromatic rings. The second-order valence-corrected chi connectivity index (χ2v) is 6.54. The highest BCUT2D eigenvalue weighted by atomic mass is 28.4. The van der Waals surface area contributed by atoms with Gasteiger partial charge < -0.3 is 13.3 Å². The Morgan fingerprint density at radius 3 is 1.57 bits per heavy atom. The van der Waals surface area contributed by atoms with Crippen molar-refractivity contribution in [2.75, 3.05) is 19.8 Å². The molecule has 1 saturated carbocycles. The highest BCUT2D eigenvalue weighted by Gasteiger charge is 2.59. The Morgan fingerprint density at radius 2 is 1.36 bits per heavy atom. The Labute approximate surface area is 88.1 Å². The second kappa shape index (κ2) is 5.26. The zero-order valence-electron chi connectivity index (χ0n) is 9.71. The molecular formula is C10H22O3Si. The maximum absolute atomic E-state index is 5.80. The van der Waals surface area contributed by atoms with Gasteiger partial charge in [0.15, 0.2) is 0 Å². The minimum atomic E-state index is -2.32. The molecule has 0 N–H and O–H groups in total. The van der Waals surface area contributed by atoms with E-state index in [1.807, 2.05) is 20.8 Å². The first-order valence-electron chi connectivity index (χ1n) is 5.62. The molecule has 84 valence electrons. The molecule has 0 heterocycles. The fourth-order valence-electron chi connectivity index (χ4n) is 1.86. The third-order valence-electron chi connectivity index (χ3n) is 2.60. The van der Waals surface area contributed by atoms with Gasteiger partial charge in [-0.05, 0) is 33.1 Å². The molecule has 3 nitrogen and oxygen atoms in total. The van der Waals surface area contributed by atoms with Crippen LogP contribution in [-0.2, 0) is 13.3 Å². The van der Waals surface area contributed by atoms with Crippen molar-refractivity contribution in [3.8, 4) is 0 Å². The Kier molecular flexibility index (Phi) is 4.57. The molecule has 0 aromatic carbocycles. The summed E-state index contributed by atoms with van der Waals surface area (Å²) in [6.45, 7) is 10.3. The molecule has 0 spiro atoms. The van der Waals surface area contributed by atoms with Crippen molar-refractivity contribution in [2.45, 2.75) is 39.7 Å². The smallest absolute Gasteiger partial charge is 0.374 e. The van der Waals surface area contributed by atoms with Crippen molar-refractivity contribution in [2.24, 2.45) is 5.92 Å². The summed E-state index contributed by atoms with van der Waals surface area (Å²) in [5.41, 5.74) is 0.544. The number of hydrogen-bond acceptors (Lipinski definition) is 3. The summed E-state index contributed by atoms with van der Waals surface area (Å²) in [7, 11) is -2.32. The zero-order chi connectivity index (χ0) is 10.6. The van der Waals surface area contributed by atoms with Gasteiger partial charge in [-0.15, -0.1) is 0 Å². The van der Waals surface area contributed by atoms with Gasteiger partial charge in [-0.25, -0.2) is 0 Å². The minimum Gasteiger partial charge on any atom is -0.374 e. The van der Waals surface area contributed by atoms with Crippen LogP contribution in [0.3, 0.4) is 0 Å². The fraction of sp³-hybridized carbons (Fsp3) is 1.00. The predicted octanol–water partition coefficient (Wildman–Crippen LogP) is 2.44. The van der Waals surface area contributed by atoms with Crippen LogP contribution in [0, 0.1) is 5.92 Å². The quantitative estimate of drug-likeness (QED) is 0.614. The number of rotatable bonds is 7. The first kappa shape index (κ1) is 12.2. The van der Waals surface area contributed by atoms with E-state index in [9.17, 15) is 0 Å². The van der Waals surface area contributed by atoms with Crippen LogP contribution in [-0.4, -0.2) is 28.6 Å². The Balaban J connectivity index is 2.62. The Hall–Kier alpha value is 0.0969. The average molecular weight is 218 g/mol. The molecule has 0 aromatic heterocycles. The minimum absolute atomic E-state index is 0.544. The van der Waals surface area contributed by atoms with E-state index in [0.29, 0.717) is 31.3 Å². The van der Waals surface area contributed by atoms with E-state index in [1.54, 1.807) is 0 Å². The van der Waals surface area contributed by atoms with Crippen LogP contribution < -0.4 is 0 Å². The molecular weight excluding hydrogens is 196 g/mol. The molecule has 1 fully saturated rings. The molecule has 1 aliphatic carbocycles. The van der Waals surface area contributed by atoms with Crippen LogP contribution >= 0.6 is 0 Å². The lowest BCUT2D eigenvalue weighted by molar-refractivity contribution is 0.0684. The first-order chi connectivity index (χ1) is 6.70. The highest BCUT2D eigenvalue weighted by molar-refractivity contribution is 6.63. The van der Waals surface area contributed by atoms with Crippen LogP contribution in [0.1, 0.15) is 34.1 Å². The zero-order valence-corrected chi connectivity index (χ0v) is 10.7. The summed E-state index contributed by atoms with van der Waals surface area (Å²) in [4.78, 5) is 0. The van der Waals surface area contributed by atoms with Crippen LogP contribution in [0.4, 0.5) is 0 Å². The normalized spacial score (nSPS) is 26.6. The Morgan fingerprint density at radius 1 is 1.00 bits per heavy atom. The van der Waals surface area contributed by atoms with Crippen LogP contribution in [0.2, 0.25) is 5.54 Å². The monoisotopic (exact) mass is 218 g/mol. The molecule has 2 unspecified atom stereocenters. The van der Waals surface area contributed by atoms with Crippen molar-refractivity contribution < 1.29 is 13.3 Å². The van der Waals surface area contributed by atoms with Gasteiger partial charge >= 0.3 is 8.80 Å². The molecule has 1 aliphatic rings. The van der Waals surface area contributed by atoms with Crippen molar-refractivity contribution in [3.63, 3.8) is 0 Å². The molecule has 0 saturated heterocycles. The highest BCUT2D eigenvalue weighted by Crippen LogP contribution is 2.52. The molecule has 0 radical (unpaired) electrons. The standard InChI is InChI=1S/C10H22O3Si/c1-5-11-14(12-6-2,13-7-3)10-8-9(10)4/h9-10H,5-8H2,1-4H3. The molecule has 0 aliphatic heterocycles. The molecule has 1 rings (SSSR count). The summed E-state index contributed by atoms with van der Waals surface area (Å²) in [6, 6.07) is 0.